The van der Waals surface area contributed by atoms with Gasteiger partial charge in [0.25, 0.3) is 5.91 Å². The summed E-state index contributed by atoms with van der Waals surface area (Å²) >= 11 is 0. The van der Waals surface area contributed by atoms with Crippen molar-refractivity contribution in [2.75, 3.05) is 6.54 Å². The van der Waals surface area contributed by atoms with E-state index in [1.807, 2.05) is 12.1 Å². The van der Waals surface area contributed by atoms with Gasteiger partial charge in [0.2, 0.25) is 0 Å². The van der Waals surface area contributed by atoms with Crippen LogP contribution >= 0.6 is 0 Å². The van der Waals surface area contributed by atoms with E-state index in [-0.39, 0.29) is 5.91 Å². The molecule has 1 aliphatic carbocycles. The second kappa shape index (κ2) is 7.47. The second-order valence-electron chi connectivity index (χ2n) is 7.93. The van der Waals surface area contributed by atoms with Crippen LogP contribution in [0, 0.1) is 18.8 Å². The molecule has 3 nitrogen and oxygen atoms in total. The maximum absolute atomic E-state index is 12.2. The molecule has 1 aromatic heterocycles. The van der Waals surface area contributed by atoms with Crippen LogP contribution in [0.4, 0.5) is 0 Å². The number of carbonyl (C=O) groups is 1. The molecule has 1 aliphatic rings. The van der Waals surface area contributed by atoms with Crippen molar-refractivity contribution in [1.29, 1.82) is 0 Å². The van der Waals surface area contributed by atoms with Gasteiger partial charge in [-0.05, 0) is 80.3 Å². The molecule has 0 aliphatic heterocycles. The first-order valence-electron chi connectivity index (χ1n) is 9.54. The molecule has 0 unspecified atom stereocenters. The average Bonchev–Trinajstić information content (AvgIpc) is 2.89. The molecule has 3 heteroatoms. The number of carbonyl (C=O) groups excluding carboxylic acids is 1. The predicted octanol–water partition coefficient (Wildman–Crippen LogP) is 4.69. The van der Waals surface area contributed by atoms with Gasteiger partial charge in [0.15, 0.2) is 0 Å². The minimum Gasteiger partial charge on any atom is -0.352 e. The van der Waals surface area contributed by atoms with Gasteiger partial charge in [-0.25, -0.2) is 0 Å². The van der Waals surface area contributed by atoms with E-state index in [0.717, 1.165) is 36.6 Å². The van der Waals surface area contributed by atoms with E-state index < -0.39 is 0 Å². The fourth-order valence-corrected chi connectivity index (χ4v) is 3.76. The van der Waals surface area contributed by atoms with E-state index in [2.05, 4.69) is 55.8 Å². The van der Waals surface area contributed by atoms with E-state index in [4.69, 9.17) is 0 Å². The number of hydrogen-bond acceptors (Lipinski definition) is 1. The van der Waals surface area contributed by atoms with Crippen LogP contribution in [0.2, 0.25) is 0 Å². The van der Waals surface area contributed by atoms with Crippen LogP contribution in [-0.4, -0.2) is 17.0 Å². The standard InChI is InChI=1S/C22H30N2O/c1-15(2)11-12-23-22(25)18-6-8-20(9-7-18)24-17(4)14-19-13-16(3)5-10-21(19)24/h6-9,14-16H,5,10-13H2,1-4H3,(H,23,25)/t16-/m1/s1. The number of aromatic nitrogens is 1. The summed E-state index contributed by atoms with van der Waals surface area (Å²) in [6.07, 6.45) is 4.59. The molecule has 0 radical (unpaired) electrons. The van der Waals surface area contributed by atoms with Crippen molar-refractivity contribution < 1.29 is 4.79 Å². The summed E-state index contributed by atoms with van der Waals surface area (Å²) in [5.41, 5.74) is 6.12. The Labute approximate surface area is 151 Å². The zero-order valence-electron chi connectivity index (χ0n) is 15.9. The van der Waals surface area contributed by atoms with Crippen LogP contribution in [-0.2, 0) is 12.8 Å². The Hall–Kier alpha value is -2.03. The first-order chi connectivity index (χ1) is 12.0. The van der Waals surface area contributed by atoms with E-state index in [0.29, 0.717) is 5.92 Å². The number of amides is 1. The van der Waals surface area contributed by atoms with Crippen LogP contribution in [0.1, 0.15) is 60.9 Å². The molecule has 134 valence electrons. The van der Waals surface area contributed by atoms with Gasteiger partial charge >= 0.3 is 0 Å². The van der Waals surface area contributed by atoms with Crippen LogP contribution in [0.3, 0.4) is 0 Å². The SMILES string of the molecule is Cc1cc2c(n1-c1ccc(C(=O)NCCC(C)C)cc1)CC[C@@H](C)C2. The second-order valence-corrected chi connectivity index (χ2v) is 7.93. The maximum atomic E-state index is 12.2. The fraction of sp³-hybridized carbons (Fsp3) is 0.500. The predicted molar refractivity (Wildman–Crippen MR) is 103 cm³/mol. The Morgan fingerprint density at radius 1 is 1.28 bits per heavy atom. The van der Waals surface area contributed by atoms with Gasteiger partial charge in [-0.3, -0.25) is 4.79 Å². The molecule has 0 saturated carbocycles. The number of hydrogen-bond donors (Lipinski definition) is 1. The zero-order chi connectivity index (χ0) is 18.0. The Bertz CT molecular complexity index is 740. The lowest BCUT2D eigenvalue weighted by molar-refractivity contribution is 0.0952. The van der Waals surface area contributed by atoms with Crippen molar-refractivity contribution in [1.82, 2.24) is 9.88 Å². The highest BCUT2D eigenvalue weighted by molar-refractivity contribution is 5.94. The third kappa shape index (κ3) is 3.97. The highest BCUT2D eigenvalue weighted by Crippen LogP contribution is 2.30. The van der Waals surface area contributed by atoms with E-state index >= 15 is 0 Å². The summed E-state index contributed by atoms with van der Waals surface area (Å²) < 4.78 is 2.36. The van der Waals surface area contributed by atoms with Crippen molar-refractivity contribution in [2.24, 2.45) is 11.8 Å². The maximum Gasteiger partial charge on any atom is 0.251 e. The van der Waals surface area contributed by atoms with Gasteiger partial charge in [-0.2, -0.15) is 0 Å². The molecule has 1 atom stereocenters. The van der Waals surface area contributed by atoms with Crippen molar-refractivity contribution >= 4 is 5.91 Å². The monoisotopic (exact) mass is 338 g/mol. The van der Waals surface area contributed by atoms with Crippen LogP contribution in [0.25, 0.3) is 5.69 Å². The Kier molecular flexibility index (Phi) is 5.31. The summed E-state index contributed by atoms with van der Waals surface area (Å²) in [6, 6.07) is 10.4. The largest absolute Gasteiger partial charge is 0.352 e. The van der Waals surface area contributed by atoms with Gasteiger partial charge in [-0.1, -0.05) is 20.8 Å². The first kappa shape index (κ1) is 17.8. The molecule has 0 bridgehead atoms. The van der Waals surface area contributed by atoms with E-state index in [1.54, 1.807) is 0 Å². The number of aryl methyl sites for hydroxylation is 1. The molecular weight excluding hydrogens is 308 g/mol. The molecule has 0 fully saturated rings. The third-order valence-electron chi connectivity index (χ3n) is 5.21. The summed E-state index contributed by atoms with van der Waals surface area (Å²) in [5.74, 6) is 1.40. The Morgan fingerprint density at radius 3 is 2.68 bits per heavy atom. The number of nitrogens with one attached hydrogen (secondary N) is 1. The molecule has 0 spiro atoms. The number of fused-ring (bicyclic) bond motifs is 1. The fourth-order valence-electron chi connectivity index (χ4n) is 3.76. The van der Waals surface area contributed by atoms with Crippen LogP contribution < -0.4 is 5.32 Å². The average molecular weight is 338 g/mol. The van der Waals surface area contributed by atoms with Crippen molar-refractivity contribution in [3.05, 3.63) is 52.8 Å². The summed E-state index contributed by atoms with van der Waals surface area (Å²) in [6.45, 7) is 9.59. The van der Waals surface area contributed by atoms with Gasteiger partial charge in [0, 0.05) is 29.2 Å². The first-order valence-corrected chi connectivity index (χ1v) is 9.54. The number of benzene rings is 1. The molecule has 1 heterocycles. The third-order valence-corrected chi connectivity index (χ3v) is 5.21. The van der Waals surface area contributed by atoms with Crippen LogP contribution in [0.5, 0.6) is 0 Å². The van der Waals surface area contributed by atoms with E-state index in [1.165, 1.54) is 29.8 Å². The summed E-state index contributed by atoms with van der Waals surface area (Å²) in [7, 11) is 0. The van der Waals surface area contributed by atoms with Gasteiger partial charge in [-0.15, -0.1) is 0 Å². The van der Waals surface area contributed by atoms with Crippen LogP contribution in [0.15, 0.2) is 30.3 Å². The smallest absolute Gasteiger partial charge is 0.251 e. The van der Waals surface area contributed by atoms with Gasteiger partial charge in [0.05, 0.1) is 0 Å². The Balaban J connectivity index is 1.76. The van der Waals surface area contributed by atoms with E-state index in [9.17, 15) is 4.79 Å². The molecule has 2 aromatic rings. The topological polar surface area (TPSA) is 34.0 Å². The minimum atomic E-state index is 0.0206. The lowest BCUT2D eigenvalue weighted by Gasteiger charge is -2.21. The lowest BCUT2D eigenvalue weighted by Crippen LogP contribution is -2.25. The van der Waals surface area contributed by atoms with Crippen molar-refractivity contribution in [3.63, 3.8) is 0 Å². The molecule has 25 heavy (non-hydrogen) atoms. The van der Waals surface area contributed by atoms with Gasteiger partial charge in [0.1, 0.15) is 0 Å². The molecule has 3 rings (SSSR count). The summed E-state index contributed by atoms with van der Waals surface area (Å²) in [5, 5.41) is 3.00. The molecule has 0 saturated heterocycles. The van der Waals surface area contributed by atoms with Crippen molar-refractivity contribution in [3.8, 4) is 5.69 Å². The number of rotatable bonds is 5. The normalized spacial score (nSPS) is 16.8. The quantitative estimate of drug-likeness (QED) is 0.843. The molecule has 1 aromatic carbocycles. The highest BCUT2D eigenvalue weighted by atomic mass is 16.1. The Morgan fingerprint density at radius 2 is 2.00 bits per heavy atom. The lowest BCUT2D eigenvalue weighted by atomic mass is 9.89. The highest BCUT2D eigenvalue weighted by Gasteiger charge is 2.21. The molecular formula is C22H30N2O. The van der Waals surface area contributed by atoms with Crippen molar-refractivity contribution in [2.45, 2.75) is 53.4 Å². The minimum absolute atomic E-state index is 0.0206. The molecule has 1 N–H and O–H groups in total. The zero-order valence-corrected chi connectivity index (χ0v) is 15.9. The molecule has 1 amide bonds. The number of nitrogens with zero attached hydrogens (tertiary/aromatic N) is 1. The van der Waals surface area contributed by atoms with Gasteiger partial charge < -0.3 is 9.88 Å². The summed E-state index contributed by atoms with van der Waals surface area (Å²) in [4.78, 5) is 12.2.